The number of nitrogens with one attached hydrogen (secondary N) is 1. The molecule has 0 bridgehead atoms. The highest BCUT2D eigenvalue weighted by Gasteiger charge is 2.25. The summed E-state index contributed by atoms with van der Waals surface area (Å²) in [7, 11) is 0. The first-order chi connectivity index (χ1) is 9.63. The molecule has 0 aliphatic carbocycles. The highest BCUT2D eigenvalue weighted by Crippen LogP contribution is 2.26. The van der Waals surface area contributed by atoms with E-state index in [0.717, 1.165) is 30.5 Å². The number of hydrogen-bond donors (Lipinski definition) is 3. The zero-order chi connectivity index (χ0) is 14.5. The number of rotatable bonds is 3. The van der Waals surface area contributed by atoms with Crippen LogP contribution in [0.5, 0.6) is 0 Å². The van der Waals surface area contributed by atoms with Crippen molar-refractivity contribution in [2.75, 3.05) is 18.1 Å². The van der Waals surface area contributed by atoms with Crippen molar-refractivity contribution in [2.45, 2.75) is 25.3 Å². The number of benzene rings is 1. The third kappa shape index (κ3) is 3.08. The van der Waals surface area contributed by atoms with E-state index in [1.54, 1.807) is 4.90 Å². The molecule has 108 valence electrons. The molecule has 0 saturated carbocycles. The van der Waals surface area contributed by atoms with Gasteiger partial charge in [-0.3, -0.25) is 4.90 Å². The fourth-order valence-corrected chi connectivity index (χ4v) is 2.31. The van der Waals surface area contributed by atoms with Gasteiger partial charge >= 0.3 is 12.0 Å². The van der Waals surface area contributed by atoms with Crippen molar-refractivity contribution < 1.29 is 19.8 Å². The number of carbonyl (C=O) groups is 2. The minimum absolute atomic E-state index is 0.485. The van der Waals surface area contributed by atoms with Crippen LogP contribution < -0.4 is 10.2 Å². The van der Waals surface area contributed by atoms with E-state index in [9.17, 15) is 9.59 Å². The first kappa shape index (κ1) is 14.3. The molecule has 1 heterocycles. The van der Waals surface area contributed by atoms with E-state index in [4.69, 9.17) is 10.2 Å². The quantitative estimate of drug-likeness (QED) is 0.769. The average molecular weight is 278 g/mol. The van der Waals surface area contributed by atoms with Gasteiger partial charge in [-0.25, -0.2) is 9.59 Å². The van der Waals surface area contributed by atoms with E-state index in [-0.39, 0.29) is 0 Å². The molecular weight excluding hydrogens is 260 g/mol. The molecule has 1 aromatic rings. The average Bonchev–Trinajstić information content (AvgIpc) is 2.66. The smallest absolute Gasteiger partial charge is 0.328 e. The molecule has 0 radical (unpaired) electrons. The summed E-state index contributed by atoms with van der Waals surface area (Å²) in [5.74, 6) is -1.25. The number of para-hydroxylation sites is 1. The fraction of sp³-hybridized carbons (Fsp3) is 0.429. The number of aliphatic hydroxyl groups is 1. The van der Waals surface area contributed by atoms with Crippen LogP contribution in [0, 0.1) is 0 Å². The Morgan fingerprint density at radius 1 is 1.30 bits per heavy atom. The van der Waals surface area contributed by atoms with Crippen LogP contribution in [-0.4, -0.2) is 41.4 Å². The minimum atomic E-state index is -1.28. The molecule has 1 atom stereocenters. The van der Waals surface area contributed by atoms with Gasteiger partial charge in [-0.1, -0.05) is 18.2 Å². The molecule has 0 aromatic heterocycles. The molecule has 0 spiro atoms. The van der Waals surface area contributed by atoms with Gasteiger partial charge in [0.1, 0.15) is 0 Å². The molecule has 1 aromatic carbocycles. The number of aryl methyl sites for hydroxylation is 1. The summed E-state index contributed by atoms with van der Waals surface area (Å²) in [6.45, 7) is -0.0861. The Morgan fingerprint density at radius 3 is 2.75 bits per heavy atom. The van der Waals surface area contributed by atoms with Crippen LogP contribution in [0.15, 0.2) is 24.3 Å². The zero-order valence-corrected chi connectivity index (χ0v) is 11.1. The second-order valence-electron chi connectivity index (χ2n) is 4.76. The second kappa shape index (κ2) is 6.38. The van der Waals surface area contributed by atoms with Gasteiger partial charge in [0.25, 0.3) is 0 Å². The lowest BCUT2D eigenvalue weighted by Crippen LogP contribution is -2.50. The highest BCUT2D eigenvalue weighted by molar-refractivity contribution is 5.95. The Morgan fingerprint density at radius 2 is 2.05 bits per heavy atom. The molecule has 20 heavy (non-hydrogen) atoms. The van der Waals surface area contributed by atoms with Crippen molar-refractivity contribution in [1.29, 1.82) is 0 Å². The van der Waals surface area contributed by atoms with Gasteiger partial charge in [-0.05, 0) is 30.9 Å². The normalized spacial score (nSPS) is 15.9. The second-order valence-corrected chi connectivity index (χ2v) is 4.76. The topological polar surface area (TPSA) is 89.9 Å². The van der Waals surface area contributed by atoms with Gasteiger partial charge in [0.2, 0.25) is 0 Å². The Bertz CT molecular complexity index is 504. The molecule has 1 aliphatic rings. The Hall–Kier alpha value is -2.08. The molecular formula is C14H18N2O4. The molecule has 2 rings (SSSR count). The van der Waals surface area contributed by atoms with Crippen LogP contribution in [-0.2, 0) is 11.2 Å². The first-order valence-electron chi connectivity index (χ1n) is 6.63. The first-order valence-corrected chi connectivity index (χ1v) is 6.63. The lowest BCUT2D eigenvalue weighted by atomic mass is 10.1. The van der Waals surface area contributed by atoms with Crippen LogP contribution in [0.4, 0.5) is 10.5 Å². The number of carboxylic acids is 1. The van der Waals surface area contributed by atoms with Gasteiger partial charge in [-0.15, -0.1) is 0 Å². The van der Waals surface area contributed by atoms with Crippen molar-refractivity contribution in [3.63, 3.8) is 0 Å². The predicted octanol–water partition coefficient (Wildman–Crippen LogP) is 0.984. The maximum Gasteiger partial charge on any atom is 0.328 e. The van der Waals surface area contributed by atoms with E-state index < -0.39 is 24.6 Å². The molecule has 1 aliphatic heterocycles. The third-order valence-corrected chi connectivity index (χ3v) is 3.38. The third-order valence-electron chi connectivity index (χ3n) is 3.38. The summed E-state index contributed by atoms with van der Waals surface area (Å²) < 4.78 is 0. The maximum atomic E-state index is 12.2. The van der Waals surface area contributed by atoms with Crippen LogP contribution in [0.1, 0.15) is 18.4 Å². The van der Waals surface area contributed by atoms with Crippen molar-refractivity contribution in [1.82, 2.24) is 5.32 Å². The zero-order valence-electron chi connectivity index (χ0n) is 11.1. The number of amides is 2. The van der Waals surface area contributed by atoms with Crippen molar-refractivity contribution in [3.05, 3.63) is 29.8 Å². The number of nitrogens with zero attached hydrogens (tertiary/aromatic N) is 1. The van der Waals surface area contributed by atoms with E-state index in [1.165, 1.54) is 0 Å². The molecule has 6 nitrogen and oxygen atoms in total. The largest absolute Gasteiger partial charge is 0.480 e. The van der Waals surface area contributed by atoms with Crippen molar-refractivity contribution in [2.24, 2.45) is 0 Å². The molecule has 0 fully saturated rings. The molecule has 2 amide bonds. The maximum absolute atomic E-state index is 12.2. The van der Waals surface area contributed by atoms with Crippen LogP contribution in [0.3, 0.4) is 0 Å². The summed E-state index contributed by atoms with van der Waals surface area (Å²) in [6, 6.07) is 5.84. The minimum Gasteiger partial charge on any atom is -0.480 e. The summed E-state index contributed by atoms with van der Waals surface area (Å²) >= 11 is 0. The number of carboxylic acid groups (broad SMARTS) is 1. The fourth-order valence-electron chi connectivity index (χ4n) is 2.31. The SMILES string of the molecule is O=C(O)[C@@H](CO)NC(=O)N1CCCCc2ccccc21. The molecule has 0 unspecified atom stereocenters. The Balaban J connectivity index is 2.19. The van der Waals surface area contributed by atoms with Crippen LogP contribution in [0.2, 0.25) is 0 Å². The van der Waals surface area contributed by atoms with Gasteiger partial charge in [0, 0.05) is 12.2 Å². The molecule has 3 N–H and O–H groups in total. The number of carbonyl (C=O) groups excluding carboxylic acids is 1. The Kier molecular flexibility index (Phi) is 4.57. The van der Waals surface area contributed by atoms with Crippen molar-refractivity contribution >= 4 is 17.7 Å². The highest BCUT2D eigenvalue weighted by atomic mass is 16.4. The van der Waals surface area contributed by atoms with Crippen LogP contribution in [0.25, 0.3) is 0 Å². The summed E-state index contributed by atoms with van der Waals surface area (Å²) in [5, 5.41) is 20.2. The monoisotopic (exact) mass is 278 g/mol. The molecule has 6 heteroatoms. The van der Waals surface area contributed by atoms with Gasteiger partial charge in [0.15, 0.2) is 6.04 Å². The molecule has 0 saturated heterocycles. The number of anilines is 1. The summed E-state index contributed by atoms with van der Waals surface area (Å²) in [6.07, 6.45) is 2.75. The van der Waals surface area contributed by atoms with E-state index in [2.05, 4.69) is 5.32 Å². The van der Waals surface area contributed by atoms with Crippen molar-refractivity contribution in [3.8, 4) is 0 Å². The number of hydrogen-bond acceptors (Lipinski definition) is 3. The number of aliphatic hydroxyl groups excluding tert-OH is 1. The summed E-state index contributed by atoms with van der Waals surface area (Å²) in [4.78, 5) is 24.6. The van der Waals surface area contributed by atoms with Gasteiger partial charge in [0.05, 0.1) is 6.61 Å². The Labute approximate surface area is 117 Å². The van der Waals surface area contributed by atoms with E-state index >= 15 is 0 Å². The number of fused-ring (bicyclic) bond motifs is 1. The summed E-state index contributed by atoms with van der Waals surface area (Å²) in [5.41, 5.74) is 1.89. The van der Waals surface area contributed by atoms with E-state index in [0.29, 0.717) is 6.54 Å². The number of aliphatic carboxylic acids is 1. The number of urea groups is 1. The van der Waals surface area contributed by atoms with Crippen LogP contribution >= 0.6 is 0 Å². The van der Waals surface area contributed by atoms with E-state index in [1.807, 2.05) is 24.3 Å². The van der Waals surface area contributed by atoms with Gasteiger partial charge < -0.3 is 15.5 Å². The van der Waals surface area contributed by atoms with Gasteiger partial charge in [-0.2, -0.15) is 0 Å². The standard InChI is InChI=1S/C14H18N2O4/c17-9-11(13(18)19)15-14(20)16-8-4-3-6-10-5-1-2-7-12(10)16/h1-2,5,7,11,17H,3-4,6,8-9H2,(H,15,20)(H,18,19)/t11-/m1/s1. The predicted molar refractivity (Wildman–Crippen MR) is 73.8 cm³/mol. The lowest BCUT2D eigenvalue weighted by molar-refractivity contribution is -0.140. The lowest BCUT2D eigenvalue weighted by Gasteiger charge is -2.24.